The van der Waals surface area contributed by atoms with E-state index in [0.717, 1.165) is 4.90 Å². The molecule has 8 heteroatoms. The number of carbonyl (C=O) groups is 3. The first-order valence-electron chi connectivity index (χ1n) is 6.96. The molecule has 2 atom stereocenters. The molecule has 0 aliphatic carbocycles. The maximum atomic E-state index is 12.4. The molecule has 1 aromatic rings. The zero-order valence-corrected chi connectivity index (χ0v) is 12.9. The summed E-state index contributed by atoms with van der Waals surface area (Å²) in [6.45, 7) is 4.40. The maximum absolute atomic E-state index is 12.4. The van der Waals surface area contributed by atoms with E-state index in [1.807, 2.05) is 0 Å². The van der Waals surface area contributed by atoms with Crippen LogP contribution in [0.15, 0.2) is 29.4 Å². The summed E-state index contributed by atoms with van der Waals surface area (Å²) in [7, 11) is 0. The van der Waals surface area contributed by atoms with Crippen LogP contribution in [-0.2, 0) is 14.3 Å². The molecule has 2 unspecified atom stereocenters. The van der Waals surface area contributed by atoms with Crippen LogP contribution < -0.4 is 10.2 Å². The first kappa shape index (κ1) is 16.5. The summed E-state index contributed by atoms with van der Waals surface area (Å²) < 4.78 is 4.96. The minimum Gasteiger partial charge on any atom is -0.460 e. The van der Waals surface area contributed by atoms with Crippen molar-refractivity contribution in [2.45, 2.75) is 32.9 Å². The molecule has 1 aliphatic rings. The van der Waals surface area contributed by atoms with Gasteiger partial charge in [-0.15, -0.1) is 0 Å². The van der Waals surface area contributed by atoms with Gasteiger partial charge in [-0.05, 0) is 31.5 Å². The number of urea groups is 1. The van der Waals surface area contributed by atoms with Crippen molar-refractivity contribution in [3.05, 3.63) is 29.8 Å². The van der Waals surface area contributed by atoms with Crippen LogP contribution in [0.2, 0.25) is 0 Å². The van der Waals surface area contributed by atoms with Crippen molar-refractivity contribution in [3.63, 3.8) is 0 Å². The average molecular weight is 319 g/mol. The highest BCUT2D eigenvalue weighted by Crippen LogP contribution is 2.22. The standard InChI is InChI=1S/C15H17N3O5/c1-8(17-22)11-4-6-12(7-5-11)18-14(20)13(16-15(18)21)9(2)23-10(3)19/h4-7,9,13,22H,1-3H3,(H,16,21)/b17-8+. The summed E-state index contributed by atoms with van der Waals surface area (Å²) in [5, 5.41) is 14.3. The van der Waals surface area contributed by atoms with Gasteiger partial charge < -0.3 is 15.3 Å². The molecule has 122 valence electrons. The number of esters is 1. The van der Waals surface area contributed by atoms with E-state index in [1.165, 1.54) is 13.8 Å². The monoisotopic (exact) mass is 319 g/mol. The number of ether oxygens (including phenoxy) is 1. The highest BCUT2D eigenvalue weighted by atomic mass is 16.5. The third-order valence-electron chi connectivity index (χ3n) is 3.48. The van der Waals surface area contributed by atoms with E-state index in [4.69, 9.17) is 9.94 Å². The van der Waals surface area contributed by atoms with Gasteiger partial charge in [-0.25, -0.2) is 9.69 Å². The molecule has 23 heavy (non-hydrogen) atoms. The molecule has 1 aromatic carbocycles. The molecule has 2 rings (SSSR count). The molecule has 0 bridgehead atoms. The molecule has 1 saturated heterocycles. The highest BCUT2D eigenvalue weighted by Gasteiger charge is 2.43. The van der Waals surface area contributed by atoms with Crippen LogP contribution in [-0.4, -0.2) is 41.0 Å². The van der Waals surface area contributed by atoms with Gasteiger partial charge in [0.2, 0.25) is 0 Å². The minimum absolute atomic E-state index is 0.375. The third-order valence-corrected chi connectivity index (χ3v) is 3.48. The van der Waals surface area contributed by atoms with Crippen molar-refractivity contribution < 1.29 is 24.3 Å². The van der Waals surface area contributed by atoms with Gasteiger partial charge >= 0.3 is 12.0 Å². The number of benzene rings is 1. The largest absolute Gasteiger partial charge is 0.460 e. The Bertz CT molecular complexity index is 668. The Balaban J connectivity index is 2.21. The fraction of sp³-hybridized carbons (Fsp3) is 0.333. The number of hydrogen-bond acceptors (Lipinski definition) is 6. The van der Waals surface area contributed by atoms with Crippen LogP contribution in [0.5, 0.6) is 0 Å². The smallest absolute Gasteiger partial charge is 0.329 e. The van der Waals surface area contributed by atoms with Gasteiger partial charge in [-0.1, -0.05) is 17.3 Å². The molecule has 0 radical (unpaired) electrons. The number of rotatable bonds is 4. The Morgan fingerprint density at radius 3 is 2.43 bits per heavy atom. The summed E-state index contributed by atoms with van der Waals surface area (Å²) >= 11 is 0. The average Bonchev–Trinajstić information content (AvgIpc) is 2.81. The molecule has 1 heterocycles. The number of anilines is 1. The van der Waals surface area contributed by atoms with Crippen LogP contribution in [0, 0.1) is 0 Å². The highest BCUT2D eigenvalue weighted by molar-refractivity contribution is 6.21. The van der Waals surface area contributed by atoms with Crippen molar-refractivity contribution in [2.75, 3.05) is 4.90 Å². The SMILES string of the molecule is CC(=O)OC(C)C1NC(=O)N(c2ccc(/C(C)=N/O)cc2)C1=O. The van der Waals surface area contributed by atoms with Crippen LogP contribution in [0.3, 0.4) is 0 Å². The lowest BCUT2D eigenvalue weighted by molar-refractivity contribution is -0.147. The second kappa shape index (κ2) is 6.47. The molecular formula is C15H17N3O5. The first-order chi connectivity index (χ1) is 10.8. The first-order valence-corrected chi connectivity index (χ1v) is 6.96. The summed E-state index contributed by atoms with van der Waals surface area (Å²) in [5.74, 6) is -1.02. The van der Waals surface area contributed by atoms with E-state index in [9.17, 15) is 14.4 Å². The van der Waals surface area contributed by atoms with Crippen LogP contribution in [0.4, 0.5) is 10.5 Å². The van der Waals surface area contributed by atoms with E-state index in [1.54, 1.807) is 31.2 Å². The Labute approximate surface area is 132 Å². The van der Waals surface area contributed by atoms with E-state index < -0.39 is 30.1 Å². The zero-order chi connectivity index (χ0) is 17.1. The van der Waals surface area contributed by atoms with Crippen molar-refractivity contribution in [1.82, 2.24) is 5.32 Å². The normalized spacial score (nSPS) is 19.5. The van der Waals surface area contributed by atoms with Gasteiger partial charge in [0.25, 0.3) is 5.91 Å². The molecule has 0 aromatic heterocycles. The van der Waals surface area contributed by atoms with Gasteiger partial charge in [0.05, 0.1) is 11.4 Å². The summed E-state index contributed by atoms with van der Waals surface area (Å²) in [6.07, 6.45) is -0.767. The molecule has 0 saturated carbocycles. The van der Waals surface area contributed by atoms with Gasteiger partial charge in [0.1, 0.15) is 12.1 Å². The second-order valence-corrected chi connectivity index (χ2v) is 5.15. The van der Waals surface area contributed by atoms with Gasteiger partial charge in [0, 0.05) is 6.92 Å². The summed E-state index contributed by atoms with van der Waals surface area (Å²) in [6, 6.07) is 4.90. The second-order valence-electron chi connectivity index (χ2n) is 5.15. The number of oxime groups is 1. The molecule has 2 N–H and O–H groups in total. The molecule has 0 spiro atoms. The lowest BCUT2D eigenvalue weighted by atomic mass is 10.1. The zero-order valence-electron chi connectivity index (χ0n) is 12.9. The number of amides is 3. The maximum Gasteiger partial charge on any atom is 0.329 e. The van der Waals surface area contributed by atoms with Crippen LogP contribution in [0.25, 0.3) is 0 Å². The number of carbonyl (C=O) groups excluding carboxylic acids is 3. The van der Waals surface area contributed by atoms with E-state index >= 15 is 0 Å². The summed E-state index contributed by atoms with van der Waals surface area (Å²) in [5.41, 5.74) is 1.45. The molecule has 8 nitrogen and oxygen atoms in total. The van der Waals surface area contributed by atoms with E-state index in [2.05, 4.69) is 10.5 Å². The fourth-order valence-corrected chi connectivity index (χ4v) is 2.30. The van der Waals surface area contributed by atoms with E-state index in [-0.39, 0.29) is 0 Å². The van der Waals surface area contributed by atoms with Gasteiger partial charge in [0.15, 0.2) is 0 Å². The van der Waals surface area contributed by atoms with Crippen molar-refractivity contribution in [2.24, 2.45) is 5.16 Å². The van der Waals surface area contributed by atoms with Crippen LogP contribution in [0.1, 0.15) is 26.3 Å². The van der Waals surface area contributed by atoms with Crippen LogP contribution >= 0.6 is 0 Å². The molecule has 1 aliphatic heterocycles. The van der Waals surface area contributed by atoms with Gasteiger partial charge in [-0.3, -0.25) is 9.59 Å². The fourth-order valence-electron chi connectivity index (χ4n) is 2.30. The van der Waals surface area contributed by atoms with Crippen molar-refractivity contribution in [3.8, 4) is 0 Å². The Morgan fingerprint density at radius 1 is 1.30 bits per heavy atom. The molecular weight excluding hydrogens is 302 g/mol. The number of hydrogen-bond donors (Lipinski definition) is 2. The number of nitrogens with zero attached hydrogens (tertiary/aromatic N) is 2. The topological polar surface area (TPSA) is 108 Å². The van der Waals surface area contributed by atoms with E-state index in [0.29, 0.717) is 17.0 Å². The van der Waals surface area contributed by atoms with Crippen molar-refractivity contribution >= 4 is 29.3 Å². The Morgan fingerprint density at radius 2 is 1.91 bits per heavy atom. The van der Waals surface area contributed by atoms with Crippen molar-refractivity contribution in [1.29, 1.82) is 0 Å². The Kier molecular flexibility index (Phi) is 4.63. The lowest BCUT2D eigenvalue weighted by Crippen LogP contribution is -2.41. The number of imide groups is 1. The predicted octanol–water partition coefficient (Wildman–Crippen LogP) is 1.26. The Hall–Kier alpha value is -2.90. The third kappa shape index (κ3) is 3.31. The minimum atomic E-state index is -0.924. The predicted molar refractivity (Wildman–Crippen MR) is 81.5 cm³/mol. The summed E-state index contributed by atoms with van der Waals surface area (Å²) in [4.78, 5) is 36.4. The quantitative estimate of drug-likeness (QED) is 0.285. The lowest BCUT2D eigenvalue weighted by Gasteiger charge is -2.17. The number of nitrogens with one attached hydrogen (secondary N) is 1. The van der Waals surface area contributed by atoms with Gasteiger partial charge in [-0.2, -0.15) is 0 Å². The molecule has 1 fully saturated rings. The molecule has 3 amide bonds.